The van der Waals surface area contributed by atoms with E-state index >= 15 is 0 Å². The molecule has 0 saturated carbocycles. The zero-order valence-corrected chi connectivity index (χ0v) is 13.4. The molecule has 0 aromatic heterocycles. The van der Waals surface area contributed by atoms with Crippen molar-refractivity contribution >= 4 is 6.09 Å². The van der Waals surface area contributed by atoms with E-state index in [9.17, 15) is 14.3 Å². The van der Waals surface area contributed by atoms with Gasteiger partial charge in [0.25, 0.3) is 0 Å². The van der Waals surface area contributed by atoms with Crippen LogP contribution < -0.4 is 5.32 Å². The van der Waals surface area contributed by atoms with Crippen LogP contribution in [-0.2, 0) is 12.1 Å². The number of hydrogen-bond donors (Lipinski definition) is 2. The molecular weight excluding hydrogens is 307 g/mol. The average Bonchev–Trinajstić information content (AvgIpc) is 2.57. The molecule has 3 rings (SSSR count). The fraction of sp³-hybridized carbons (Fsp3) is 0.316. The number of carbonyl (C=O) groups is 1. The van der Waals surface area contributed by atoms with Gasteiger partial charge in [0.05, 0.1) is 5.54 Å². The van der Waals surface area contributed by atoms with Crippen LogP contribution in [0.3, 0.4) is 0 Å². The molecule has 2 N–H and O–H groups in total. The van der Waals surface area contributed by atoms with E-state index in [0.717, 1.165) is 19.6 Å². The Morgan fingerprint density at radius 2 is 1.83 bits per heavy atom. The van der Waals surface area contributed by atoms with E-state index in [1.807, 2.05) is 18.2 Å². The van der Waals surface area contributed by atoms with Gasteiger partial charge in [0.2, 0.25) is 0 Å². The fourth-order valence-corrected chi connectivity index (χ4v) is 3.41. The Hall–Kier alpha value is -2.40. The smallest absolute Gasteiger partial charge is 0.405 e. The second-order valence-electron chi connectivity index (χ2n) is 6.28. The summed E-state index contributed by atoms with van der Waals surface area (Å²) in [6.45, 7) is 2.35. The van der Waals surface area contributed by atoms with Crippen LogP contribution >= 0.6 is 0 Å². The van der Waals surface area contributed by atoms with Crippen molar-refractivity contribution in [1.82, 2.24) is 10.2 Å². The van der Waals surface area contributed by atoms with Crippen LogP contribution in [0, 0.1) is 5.82 Å². The Morgan fingerprint density at radius 3 is 2.46 bits per heavy atom. The Balaban J connectivity index is 1.74. The van der Waals surface area contributed by atoms with Gasteiger partial charge in [0.15, 0.2) is 0 Å². The van der Waals surface area contributed by atoms with E-state index < -0.39 is 11.6 Å². The van der Waals surface area contributed by atoms with E-state index in [0.29, 0.717) is 18.4 Å². The lowest BCUT2D eigenvalue weighted by Gasteiger charge is -2.42. The lowest BCUT2D eigenvalue weighted by molar-refractivity contribution is 0.117. The highest BCUT2D eigenvalue weighted by Crippen LogP contribution is 2.33. The molecule has 126 valence electrons. The first-order valence-electron chi connectivity index (χ1n) is 8.11. The summed E-state index contributed by atoms with van der Waals surface area (Å²) in [5.41, 5.74) is 1.22. The van der Waals surface area contributed by atoms with Crippen molar-refractivity contribution in [2.75, 3.05) is 13.1 Å². The van der Waals surface area contributed by atoms with Gasteiger partial charge in [-0.05, 0) is 36.1 Å². The van der Waals surface area contributed by atoms with Crippen LogP contribution in [0.2, 0.25) is 0 Å². The first-order valence-corrected chi connectivity index (χ1v) is 8.11. The average molecular weight is 328 g/mol. The number of amides is 1. The third kappa shape index (κ3) is 3.74. The topological polar surface area (TPSA) is 52.6 Å². The van der Waals surface area contributed by atoms with Gasteiger partial charge in [-0.2, -0.15) is 0 Å². The van der Waals surface area contributed by atoms with Gasteiger partial charge in [0, 0.05) is 19.6 Å². The summed E-state index contributed by atoms with van der Waals surface area (Å²) in [7, 11) is 0. The highest BCUT2D eigenvalue weighted by Gasteiger charge is 2.37. The molecule has 0 spiro atoms. The molecule has 1 aliphatic heterocycles. The fourth-order valence-electron chi connectivity index (χ4n) is 3.41. The number of hydrogen-bond acceptors (Lipinski definition) is 2. The summed E-state index contributed by atoms with van der Waals surface area (Å²) in [5, 5.41) is 11.9. The molecule has 5 heteroatoms. The van der Waals surface area contributed by atoms with E-state index in [1.54, 1.807) is 12.1 Å². The maximum absolute atomic E-state index is 13.6. The minimum atomic E-state index is -1.07. The van der Waals surface area contributed by atoms with E-state index in [2.05, 4.69) is 22.3 Å². The predicted molar refractivity (Wildman–Crippen MR) is 90.2 cm³/mol. The predicted octanol–water partition coefficient (Wildman–Crippen LogP) is 3.58. The summed E-state index contributed by atoms with van der Waals surface area (Å²) >= 11 is 0. The lowest BCUT2D eigenvalue weighted by atomic mass is 9.80. The number of likely N-dealkylation sites (tertiary alicyclic amines) is 1. The third-order valence-electron chi connectivity index (χ3n) is 4.68. The van der Waals surface area contributed by atoms with Gasteiger partial charge in [0.1, 0.15) is 5.82 Å². The molecule has 2 aromatic rings. The number of rotatable bonds is 4. The maximum Gasteiger partial charge on any atom is 0.405 e. The van der Waals surface area contributed by atoms with Crippen molar-refractivity contribution in [3.8, 4) is 0 Å². The number of nitrogens with one attached hydrogen (secondary N) is 1. The second kappa shape index (κ2) is 7.01. The molecule has 1 amide bonds. The van der Waals surface area contributed by atoms with Gasteiger partial charge in [-0.1, -0.05) is 42.5 Å². The molecule has 4 nitrogen and oxygen atoms in total. The van der Waals surface area contributed by atoms with Gasteiger partial charge >= 0.3 is 6.09 Å². The van der Waals surface area contributed by atoms with Crippen LogP contribution in [0.15, 0.2) is 54.6 Å². The molecule has 1 saturated heterocycles. The minimum Gasteiger partial charge on any atom is -0.465 e. The normalized spacial score (nSPS) is 17.4. The van der Waals surface area contributed by atoms with E-state index in [1.165, 1.54) is 17.7 Å². The molecular formula is C19H21FN2O2. The Labute approximate surface area is 140 Å². The van der Waals surface area contributed by atoms with Gasteiger partial charge in [-0.3, -0.25) is 4.90 Å². The Kier molecular flexibility index (Phi) is 4.81. The minimum absolute atomic E-state index is 0.342. The number of piperidine rings is 1. The van der Waals surface area contributed by atoms with Crippen LogP contribution in [0.25, 0.3) is 0 Å². The van der Waals surface area contributed by atoms with Crippen LogP contribution in [-0.4, -0.2) is 29.2 Å². The van der Waals surface area contributed by atoms with E-state index in [4.69, 9.17) is 0 Å². The number of halogens is 1. The summed E-state index contributed by atoms with van der Waals surface area (Å²) in [6, 6.07) is 16.4. The molecule has 2 aromatic carbocycles. The highest BCUT2D eigenvalue weighted by molar-refractivity contribution is 5.66. The zero-order valence-electron chi connectivity index (χ0n) is 13.4. The highest BCUT2D eigenvalue weighted by atomic mass is 19.1. The largest absolute Gasteiger partial charge is 0.465 e. The molecule has 1 heterocycles. The summed E-state index contributed by atoms with van der Waals surface area (Å²) in [6.07, 6.45) is 0.168. The number of benzene rings is 2. The summed E-state index contributed by atoms with van der Waals surface area (Å²) < 4.78 is 13.6. The van der Waals surface area contributed by atoms with Crippen molar-refractivity contribution < 1.29 is 14.3 Å². The van der Waals surface area contributed by atoms with Crippen LogP contribution in [0.4, 0.5) is 9.18 Å². The van der Waals surface area contributed by atoms with Gasteiger partial charge in [-0.15, -0.1) is 0 Å². The van der Waals surface area contributed by atoms with Crippen LogP contribution in [0.1, 0.15) is 24.0 Å². The molecule has 0 atom stereocenters. The Bertz CT molecular complexity index is 698. The zero-order chi connectivity index (χ0) is 17.0. The summed E-state index contributed by atoms with van der Waals surface area (Å²) in [4.78, 5) is 13.6. The molecule has 24 heavy (non-hydrogen) atoms. The van der Waals surface area contributed by atoms with E-state index in [-0.39, 0.29) is 5.82 Å². The number of nitrogens with zero attached hydrogens (tertiary/aromatic N) is 1. The molecule has 0 unspecified atom stereocenters. The maximum atomic E-state index is 13.6. The van der Waals surface area contributed by atoms with Gasteiger partial charge < -0.3 is 10.4 Å². The van der Waals surface area contributed by atoms with Crippen molar-refractivity contribution in [2.24, 2.45) is 0 Å². The van der Waals surface area contributed by atoms with Crippen molar-refractivity contribution in [1.29, 1.82) is 0 Å². The van der Waals surface area contributed by atoms with Crippen molar-refractivity contribution in [2.45, 2.75) is 24.9 Å². The molecule has 0 aliphatic carbocycles. The molecule has 1 aliphatic rings. The standard InChI is InChI=1S/C19H21FN2O2/c20-17-8-4-7-16(13-17)19(21-18(23)24)9-11-22(12-10-19)14-15-5-2-1-3-6-15/h1-8,13,21H,9-12,14H2,(H,23,24). The second-order valence-corrected chi connectivity index (χ2v) is 6.28. The lowest BCUT2D eigenvalue weighted by Crippen LogP contribution is -2.52. The summed E-state index contributed by atoms with van der Waals surface area (Å²) in [5.74, 6) is -0.342. The molecule has 0 radical (unpaired) electrons. The van der Waals surface area contributed by atoms with Crippen molar-refractivity contribution in [3.63, 3.8) is 0 Å². The van der Waals surface area contributed by atoms with Crippen LogP contribution in [0.5, 0.6) is 0 Å². The first-order chi connectivity index (χ1) is 11.6. The van der Waals surface area contributed by atoms with Gasteiger partial charge in [-0.25, -0.2) is 9.18 Å². The monoisotopic (exact) mass is 328 g/mol. The first kappa shape index (κ1) is 16.5. The third-order valence-corrected chi connectivity index (χ3v) is 4.68. The quantitative estimate of drug-likeness (QED) is 0.902. The molecule has 0 bridgehead atoms. The van der Waals surface area contributed by atoms with Crippen molar-refractivity contribution in [3.05, 3.63) is 71.5 Å². The SMILES string of the molecule is O=C(O)NC1(c2cccc(F)c2)CCN(Cc2ccccc2)CC1. The Morgan fingerprint density at radius 1 is 1.12 bits per heavy atom. The molecule has 1 fully saturated rings. The number of carboxylic acid groups (broad SMARTS) is 1.